The first kappa shape index (κ1) is 18.6. The first-order valence-corrected chi connectivity index (χ1v) is 8.00. The van der Waals surface area contributed by atoms with Crippen LogP contribution in [-0.4, -0.2) is 54.6 Å². The second-order valence-electron chi connectivity index (χ2n) is 4.16. The molecule has 7 nitrogen and oxygen atoms in total. The summed E-state index contributed by atoms with van der Waals surface area (Å²) in [6.07, 6.45) is 2.13. The molecule has 0 aromatic heterocycles. The van der Waals surface area contributed by atoms with Gasteiger partial charge in [0.25, 0.3) is 0 Å². The van der Waals surface area contributed by atoms with Gasteiger partial charge in [0.15, 0.2) is 0 Å². The van der Waals surface area contributed by atoms with E-state index in [1.54, 1.807) is 13.8 Å². The molecular formula is C12H22N2O5S. The van der Waals surface area contributed by atoms with Gasteiger partial charge in [0.2, 0.25) is 15.9 Å². The number of hydrogen-bond acceptors (Lipinski definition) is 4. The van der Waals surface area contributed by atoms with Gasteiger partial charge in [-0.1, -0.05) is 19.9 Å². The van der Waals surface area contributed by atoms with Crippen LogP contribution in [0.3, 0.4) is 0 Å². The number of nitrogens with one attached hydrogen (secondary N) is 1. The van der Waals surface area contributed by atoms with Crippen LogP contribution in [0.4, 0.5) is 0 Å². The van der Waals surface area contributed by atoms with Crippen molar-refractivity contribution < 1.29 is 23.1 Å². The van der Waals surface area contributed by atoms with E-state index in [1.807, 2.05) is 0 Å². The SMILES string of the molecule is C=CCCC(NC(=O)CS(=O)(=O)N(CC)CC)C(=O)O. The number of nitrogens with zero attached hydrogens (tertiary/aromatic N) is 1. The van der Waals surface area contributed by atoms with Crippen LogP contribution in [0.1, 0.15) is 26.7 Å². The fourth-order valence-electron chi connectivity index (χ4n) is 1.65. The summed E-state index contributed by atoms with van der Waals surface area (Å²) in [6, 6.07) is -1.10. The fraction of sp³-hybridized carbons (Fsp3) is 0.667. The number of carboxylic acid groups (broad SMARTS) is 1. The van der Waals surface area contributed by atoms with E-state index in [-0.39, 0.29) is 19.5 Å². The average Bonchev–Trinajstić information content (AvgIpc) is 2.34. The van der Waals surface area contributed by atoms with Crippen molar-refractivity contribution >= 4 is 21.9 Å². The van der Waals surface area contributed by atoms with E-state index in [9.17, 15) is 18.0 Å². The summed E-state index contributed by atoms with van der Waals surface area (Å²) in [7, 11) is -3.71. The molecule has 0 bridgehead atoms. The second kappa shape index (κ2) is 8.70. The lowest BCUT2D eigenvalue weighted by molar-refractivity contribution is -0.141. The van der Waals surface area contributed by atoms with Crippen molar-refractivity contribution in [1.29, 1.82) is 0 Å². The van der Waals surface area contributed by atoms with Gasteiger partial charge in [0.1, 0.15) is 11.8 Å². The Morgan fingerprint density at radius 3 is 2.30 bits per heavy atom. The van der Waals surface area contributed by atoms with Crippen molar-refractivity contribution in [3.8, 4) is 0 Å². The third-order valence-corrected chi connectivity index (χ3v) is 4.64. The maximum Gasteiger partial charge on any atom is 0.326 e. The summed E-state index contributed by atoms with van der Waals surface area (Å²) in [5.41, 5.74) is 0. The summed E-state index contributed by atoms with van der Waals surface area (Å²) in [4.78, 5) is 22.6. The van der Waals surface area contributed by atoms with Crippen molar-refractivity contribution in [2.24, 2.45) is 0 Å². The molecule has 2 N–H and O–H groups in total. The van der Waals surface area contributed by atoms with Gasteiger partial charge >= 0.3 is 5.97 Å². The van der Waals surface area contributed by atoms with E-state index in [0.717, 1.165) is 4.31 Å². The minimum Gasteiger partial charge on any atom is -0.480 e. The van der Waals surface area contributed by atoms with Crippen LogP contribution in [0.25, 0.3) is 0 Å². The Bertz CT molecular complexity index is 443. The van der Waals surface area contributed by atoms with Crippen LogP contribution in [0, 0.1) is 0 Å². The van der Waals surface area contributed by atoms with Crippen molar-refractivity contribution in [2.45, 2.75) is 32.7 Å². The van der Waals surface area contributed by atoms with E-state index in [4.69, 9.17) is 5.11 Å². The van der Waals surface area contributed by atoms with Crippen LogP contribution >= 0.6 is 0 Å². The highest BCUT2D eigenvalue weighted by molar-refractivity contribution is 7.89. The molecule has 0 saturated carbocycles. The highest BCUT2D eigenvalue weighted by atomic mass is 32.2. The largest absolute Gasteiger partial charge is 0.480 e. The summed E-state index contributed by atoms with van der Waals surface area (Å²) < 4.78 is 24.9. The highest BCUT2D eigenvalue weighted by Crippen LogP contribution is 2.03. The summed E-state index contributed by atoms with van der Waals surface area (Å²) in [6.45, 7) is 7.34. The second-order valence-corrected chi connectivity index (χ2v) is 6.13. The minimum absolute atomic E-state index is 0.176. The predicted octanol–water partition coefficient (Wildman–Crippen LogP) is 0.194. The number of hydrogen-bond donors (Lipinski definition) is 2. The lowest BCUT2D eigenvalue weighted by Gasteiger charge is -2.19. The van der Waals surface area contributed by atoms with Gasteiger partial charge in [-0.25, -0.2) is 17.5 Å². The van der Waals surface area contributed by atoms with E-state index >= 15 is 0 Å². The van der Waals surface area contributed by atoms with E-state index in [0.29, 0.717) is 6.42 Å². The number of carbonyl (C=O) groups is 2. The van der Waals surface area contributed by atoms with Crippen molar-refractivity contribution in [2.75, 3.05) is 18.8 Å². The number of rotatable bonds is 10. The van der Waals surface area contributed by atoms with Gasteiger partial charge in [-0.2, -0.15) is 0 Å². The molecule has 0 radical (unpaired) electrons. The number of carbonyl (C=O) groups excluding carboxylic acids is 1. The monoisotopic (exact) mass is 306 g/mol. The maximum absolute atomic E-state index is 11.9. The van der Waals surface area contributed by atoms with Gasteiger partial charge in [-0.3, -0.25) is 4.79 Å². The predicted molar refractivity (Wildman–Crippen MR) is 75.7 cm³/mol. The zero-order valence-corrected chi connectivity index (χ0v) is 12.6. The molecule has 1 unspecified atom stereocenters. The fourth-order valence-corrected chi connectivity index (χ4v) is 3.04. The van der Waals surface area contributed by atoms with Crippen LogP contribution in [0.5, 0.6) is 0 Å². The van der Waals surface area contributed by atoms with Crippen molar-refractivity contribution in [3.63, 3.8) is 0 Å². The Morgan fingerprint density at radius 2 is 1.90 bits per heavy atom. The molecule has 116 valence electrons. The molecule has 1 atom stereocenters. The molecule has 0 spiro atoms. The molecule has 0 heterocycles. The smallest absolute Gasteiger partial charge is 0.326 e. The van der Waals surface area contributed by atoms with E-state index < -0.39 is 33.7 Å². The molecular weight excluding hydrogens is 284 g/mol. The first-order valence-electron chi connectivity index (χ1n) is 6.39. The molecule has 0 rings (SSSR count). The Hall–Kier alpha value is -1.41. The summed E-state index contributed by atoms with van der Waals surface area (Å²) >= 11 is 0. The highest BCUT2D eigenvalue weighted by Gasteiger charge is 2.26. The number of amides is 1. The third kappa shape index (κ3) is 6.16. The number of sulfonamides is 1. The number of carboxylic acids is 1. The molecule has 0 aliphatic carbocycles. The van der Waals surface area contributed by atoms with Crippen LogP contribution in [0.2, 0.25) is 0 Å². The quantitative estimate of drug-likeness (QED) is 0.561. The molecule has 8 heteroatoms. The Labute approximate surface area is 119 Å². The number of allylic oxidation sites excluding steroid dienone is 1. The molecule has 20 heavy (non-hydrogen) atoms. The summed E-state index contributed by atoms with van der Waals surface area (Å²) in [5.74, 6) is -2.75. The van der Waals surface area contributed by atoms with Gasteiger partial charge in [-0.15, -0.1) is 6.58 Å². The minimum atomic E-state index is -3.71. The normalized spacial score (nSPS) is 12.9. The molecule has 0 fully saturated rings. The van der Waals surface area contributed by atoms with Gasteiger partial charge < -0.3 is 10.4 Å². The average molecular weight is 306 g/mol. The van der Waals surface area contributed by atoms with Crippen molar-refractivity contribution in [1.82, 2.24) is 9.62 Å². The maximum atomic E-state index is 11.9. The van der Waals surface area contributed by atoms with Gasteiger partial charge in [0, 0.05) is 13.1 Å². The standard InChI is InChI=1S/C12H22N2O5S/c1-4-7-8-10(12(16)17)13-11(15)9-20(18,19)14(5-2)6-3/h4,10H,1,5-9H2,2-3H3,(H,13,15)(H,16,17). The van der Waals surface area contributed by atoms with E-state index in [2.05, 4.69) is 11.9 Å². The third-order valence-electron chi connectivity index (χ3n) is 2.71. The lowest BCUT2D eigenvalue weighted by Crippen LogP contribution is -2.45. The zero-order chi connectivity index (χ0) is 15.8. The molecule has 1 amide bonds. The van der Waals surface area contributed by atoms with Crippen LogP contribution in [-0.2, 0) is 19.6 Å². The Balaban J connectivity index is 4.67. The Kier molecular flexibility index (Phi) is 8.09. The van der Waals surface area contributed by atoms with Gasteiger partial charge in [0.05, 0.1) is 0 Å². The molecule has 0 aliphatic heterocycles. The summed E-state index contributed by atoms with van der Waals surface area (Å²) in [5, 5.41) is 11.2. The van der Waals surface area contributed by atoms with Crippen molar-refractivity contribution in [3.05, 3.63) is 12.7 Å². The molecule has 0 aliphatic rings. The zero-order valence-electron chi connectivity index (χ0n) is 11.8. The Morgan fingerprint density at radius 1 is 1.35 bits per heavy atom. The number of aliphatic carboxylic acids is 1. The topological polar surface area (TPSA) is 104 Å². The molecule has 0 aromatic carbocycles. The lowest BCUT2D eigenvalue weighted by atomic mass is 10.1. The first-order chi connectivity index (χ1) is 9.28. The van der Waals surface area contributed by atoms with Crippen LogP contribution in [0.15, 0.2) is 12.7 Å². The van der Waals surface area contributed by atoms with Gasteiger partial charge in [-0.05, 0) is 12.8 Å². The van der Waals surface area contributed by atoms with E-state index in [1.165, 1.54) is 6.08 Å². The molecule has 0 aromatic rings. The van der Waals surface area contributed by atoms with Crippen LogP contribution < -0.4 is 5.32 Å². The molecule has 0 saturated heterocycles.